The summed E-state index contributed by atoms with van der Waals surface area (Å²) in [6.45, 7) is 1.98. The SMILES string of the molecule is COc1cc(Cl)c(C)cc1-n1ccnc1NC1CC1. The summed E-state index contributed by atoms with van der Waals surface area (Å²) in [6.07, 6.45) is 6.14. The number of nitrogens with zero attached hydrogens (tertiary/aromatic N) is 2. The van der Waals surface area contributed by atoms with E-state index in [1.807, 2.05) is 29.8 Å². The summed E-state index contributed by atoms with van der Waals surface area (Å²) in [5.41, 5.74) is 1.97. The third-order valence-electron chi connectivity index (χ3n) is 3.27. The lowest BCUT2D eigenvalue weighted by Crippen LogP contribution is -2.08. The number of nitrogens with one attached hydrogen (secondary N) is 1. The highest BCUT2D eigenvalue weighted by Crippen LogP contribution is 2.32. The lowest BCUT2D eigenvalue weighted by Gasteiger charge is -2.14. The molecule has 1 aliphatic rings. The molecule has 2 aromatic rings. The predicted molar refractivity (Wildman–Crippen MR) is 76.5 cm³/mol. The maximum Gasteiger partial charge on any atom is 0.207 e. The molecule has 1 N–H and O–H groups in total. The summed E-state index contributed by atoms with van der Waals surface area (Å²) in [7, 11) is 1.65. The molecular formula is C14H16ClN3O. The molecule has 0 amide bonds. The standard InChI is InChI=1S/C14H16ClN3O/c1-9-7-12(13(19-2)8-11(9)15)18-6-5-16-14(18)17-10-3-4-10/h5-8,10H,3-4H2,1-2H3,(H,16,17). The number of rotatable bonds is 4. The number of hydrogen-bond acceptors (Lipinski definition) is 3. The Kier molecular flexibility index (Phi) is 3.11. The van der Waals surface area contributed by atoms with Gasteiger partial charge in [-0.25, -0.2) is 4.98 Å². The van der Waals surface area contributed by atoms with Gasteiger partial charge in [0.15, 0.2) is 0 Å². The van der Waals surface area contributed by atoms with E-state index in [2.05, 4.69) is 10.3 Å². The minimum absolute atomic E-state index is 0.556. The zero-order valence-electron chi connectivity index (χ0n) is 11.0. The van der Waals surface area contributed by atoms with Crippen molar-refractivity contribution >= 4 is 17.5 Å². The largest absolute Gasteiger partial charge is 0.495 e. The molecule has 5 heteroatoms. The molecule has 100 valence electrons. The highest BCUT2D eigenvalue weighted by molar-refractivity contribution is 6.31. The van der Waals surface area contributed by atoms with Crippen molar-refractivity contribution in [2.75, 3.05) is 12.4 Å². The van der Waals surface area contributed by atoms with Crippen molar-refractivity contribution in [3.63, 3.8) is 0 Å². The highest BCUT2D eigenvalue weighted by Gasteiger charge is 2.23. The van der Waals surface area contributed by atoms with Crippen molar-refractivity contribution in [1.29, 1.82) is 0 Å². The number of anilines is 1. The van der Waals surface area contributed by atoms with Gasteiger partial charge in [0.2, 0.25) is 5.95 Å². The molecule has 1 fully saturated rings. The summed E-state index contributed by atoms with van der Waals surface area (Å²) in [6, 6.07) is 4.41. The van der Waals surface area contributed by atoms with Crippen LogP contribution in [0.2, 0.25) is 5.02 Å². The second kappa shape index (κ2) is 4.78. The van der Waals surface area contributed by atoms with Gasteiger partial charge in [0, 0.05) is 29.5 Å². The van der Waals surface area contributed by atoms with E-state index in [0.717, 1.165) is 22.9 Å². The highest BCUT2D eigenvalue weighted by atomic mass is 35.5. The molecule has 1 aromatic carbocycles. The van der Waals surface area contributed by atoms with Gasteiger partial charge in [0.05, 0.1) is 12.8 Å². The number of methoxy groups -OCH3 is 1. The average Bonchev–Trinajstić information content (AvgIpc) is 3.09. The molecule has 1 heterocycles. The zero-order chi connectivity index (χ0) is 13.4. The first-order valence-electron chi connectivity index (χ1n) is 6.33. The van der Waals surface area contributed by atoms with Gasteiger partial charge in [0.1, 0.15) is 5.75 Å². The first-order chi connectivity index (χ1) is 9.19. The molecule has 3 rings (SSSR count). The maximum absolute atomic E-state index is 6.14. The molecular weight excluding hydrogens is 262 g/mol. The molecule has 0 saturated heterocycles. The summed E-state index contributed by atoms with van der Waals surface area (Å²) in [5, 5.41) is 4.12. The Hall–Kier alpha value is -1.68. The van der Waals surface area contributed by atoms with Crippen LogP contribution < -0.4 is 10.1 Å². The lowest BCUT2D eigenvalue weighted by molar-refractivity contribution is 0.413. The van der Waals surface area contributed by atoms with Crippen LogP contribution in [0.1, 0.15) is 18.4 Å². The van der Waals surface area contributed by atoms with Crippen LogP contribution in [0.25, 0.3) is 5.69 Å². The second-order valence-corrected chi connectivity index (χ2v) is 5.22. The predicted octanol–water partition coefficient (Wildman–Crippen LogP) is 3.42. The molecule has 0 atom stereocenters. The Labute approximate surface area is 117 Å². The number of halogens is 1. The number of ether oxygens (including phenoxy) is 1. The quantitative estimate of drug-likeness (QED) is 0.931. The smallest absolute Gasteiger partial charge is 0.207 e. The maximum atomic E-state index is 6.14. The summed E-state index contributed by atoms with van der Waals surface area (Å²) < 4.78 is 7.42. The molecule has 1 saturated carbocycles. The Morgan fingerprint density at radius 3 is 2.89 bits per heavy atom. The average molecular weight is 278 g/mol. The monoisotopic (exact) mass is 277 g/mol. The molecule has 0 spiro atoms. The topological polar surface area (TPSA) is 39.1 Å². The molecule has 1 aromatic heterocycles. The number of aromatic nitrogens is 2. The van der Waals surface area contributed by atoms with E-state index in [1.54, 1.807) is 13.3 Å². The van der Waals surface area contributed by atoms with Crippen molar-refractivity contribution in [3.8, 4) is 11.4 Å². The fraction of sp³-hybridized carbons (Fsp3) is 0.357. The molecule has 0 unspecified atom stereocenters. The third kappa shape index (κ3) is 2.40. The van der Waals surface area contributed by atoms with E-state index >= 15 is 0 Å². The minimum Gasteiger partial charge on any atom is -0.495 e. The van der Waals surface area contributed by atoms with E-state index in [-0.39, 0.29) is 0 Å². The molecule has 1 aliphatic carbocycles. The number of hydrogen-bond donors (Lipinski definition) is 1. The van der Waals surface area contributed by atoms with Gasteiger partial charge in [-0.15, -0.1) is 0 Å². The molecule has 4 nitrogen and oxygen atoms in total. The fourth-order valence-electron chi connectivity index (χ4n) is 2.01. The Balaban J connectivity index is 2.05. The minimum atomic E-state index is 0.556. The van der Waals surface area contributed by atoms with E-state index in [0.29, 0.717) is 11.1 Å². The van der Waals surface area contributed by atoms with E-state index in [4.69, 9.17) is 16.3 Å². The number of imidazole rings is 1. The molecule has 19 heavy (non-hydrogen) atoms. The van der Waals surface area contributed by atoms with Gasteiger partial charge < -0.3 is 10.1 Å². The first-order valence-corrected chi connectivity index (χ1v) is 6.71. The number of benzene rings is 1. The van der Waals surface area contributed by atoms with Gasteiger partial charge in [-0.1, -0.05) is 11.6 Å². The van der Waals surface area contributed by atoms with Crippen LogP contribution >= 0.6 is 11.6 Å². The van der Waals surface area contributed by atoms with Crippen LogP contribution in [0.5, 0.6) is 5.75 Å². The van der Waals surface area contributed by atoms with Crippen molar-refractivity contribution in [3.05, 3.63) is 35.1 Å². The fourth-order valence-corrected chi connectivity index (χ4v) is 2.17. The lowest BCUT2D eigenvalue weighted by atomic mass is 10.2. The van der Waals surface area contributed by atoms with E-state index in [1.165, 1.54) is 12.8 Å². The summed E-state index contributed by atoms with van der Waals surface area (Å²) in [4.78, 5) is 4.36. The Morgan fingerprint density at radius 1 is 1.42 bits per heavy atom. The Morgan fingerprint density at radius 2 is 2.21 bits per heavy atom. The number of aryl methyl sites for hydroxylation is 1. The molecule has 0 aliphatic heterocycles. The van der Waals surface area contributed by atoms with Crippen molar-refractivity contribution in [1.82, 2.24) is 9.55 Å². The van der Waals surface area contributed by atoms with E-state index in [9.17, 15) is 0 Å². The van der Waals surface area contributed by atoms with Gasteiger partial charge in [0.25, 0.3) is 0 Å². The summed E-state index contributed by atoms with van der Waals surface area (Å²) >= 11 is 6.14. The second-order valence-electron chi connectivity index (χ2n) is 4.81. The van der Waals surface area contributed by atoms with E-state index < -0.39 is 0 Å². The Bertz CT molecular complexity index is 605. The first kappa shape index (κ1) is 12.4. The third-order valence-corrected chi connectivity index (χ3v) is 3.68. The molecule has 0 bridgehead atoms. The van der Waals surface area contributed by atoms with Crippen molar-refractivity contribution in [2.45, 2.75) is 25.8 Å². The van der Waals surface area contributed by atoms with Gasteiger partial charge in [-0.3, -0.25) is 4.57 Å². The van der Waals surface area contributed by atoms with Crippen molar-refractivity contribution in [2.24, 2.45) is 0 Å². The van der Waals surface area contributed by atoms with Crippen LogP contribution in [-0.2, 0) is 0 Å². The van der Waals surface area contributed by atoms with Crippen molar-refractivity contribution < 1.29 is 4.74 Å². The van der Waals surface area contributed by atoms with Gasteiger partial charge in [-0.05, 0) is 31.4 Å². The van der Waals surface area contributed by atoms with Crippen LogP contribution in [-0.4, -0.2) is 22.7 Å². The zero-order valence-corrected chi connectivity index (χ0v) is 11.7. The van der Waals surface area contributed by atoms with Crippen LogP contribution in [0, 0.1) is 6.92 Å². The van der Waals surface area contributed by atoms with Crippen LogP contribution in [0.3, 0.4) is 0 Å². The molecule has 0 radical (unpaired) electrons. The normalized spacial score (nSPS) is 14.5. The van der Waals surface area contributed by atoms with Gasteiger partial charge in [-0.2, -0.15) is 0 Å². The van der Waals surface area contributed by atoms with Crippen LogP contribution in [0.4, 0.5) is 5.95 Å². The van der Waals surface area contributed by atoms with Gasteiger partial charge >= 0.3 is 0 Å². The van der Waals surface area contributed by atoms with Crippen LogP contribution in [0.15, 0.2) is 24.5 Å². The summed E-state index contributed by atoms with van der Waals surface area (Å²) in [5.74, 6) is 1.59.